The van der Waals surface area contributed by atoms with E-state index in [9.17, 15) is 4.79 Å². The zero-order chi connectivity index (χ0) is 26.1. The molecule has 1 saturated heterocycles. The van der Waals surface area contributed by atoms with Crippen LogP contribution in [0.3, 0.4) is 0 Å². The maximum Gasteiger partial charge on any atom is 0.230 e. The third-order valence-corrected chi connectivity index (χ3v) is 8.24. The van der Waals surface area contributed by atoms with Gasteiger partial charge in [-0.15, -0.1) is 10.2 Å². The molecule has 2 aliphatic rings. The van der Waals surface area contributed by atoms with Crippen molar-refractivity contribution < 1.29 is 4.79 Å². The Labute approximate surface area is 224 Å². The minimum Gasteiger partial charge on any atom is -0.368 e. The molecule has 3 heterocycles. The maximum absolute atomic E-state index is 13.5. The molecule has 2 aromatic heterocycles. The van der Waals surface area contributed by atoms with Crippen LogP contribution in [0.25, 0.3) is 10.9 Å². The van der Waals surface area contributed by atoms with E-state index in [1.165, 1.54) is 47.1 Å². The van der Waals surface area contributed by atoms with Gasteiger partial charge >= 0.3 is 0 Å². The lowest BCUT2D eigenvalue weighted by Crippen LogP contribution is -2.56. The van der Waals surface area contributed by atoms with Crippen LogP contribution in [-0.4, -0.2) is 61.4 Å². The highest BCUT2D eigenvalue weighted by Gasteiger charge is 2.32. The first-order valence-corrected chi connectivity index (χ1v) is 14.1. The molecule has 1 N–H and O–H groups in total. The molecule has 1 atom stereocenters. The first-order valence-electron chi connectivity index (χ1n) is 14.1. The molecule has 1 unspecified atom stereocenters. The number of nitrogens with one attached hydrogen (secondary N) is 1. The summed E-state index contributed by atoms with van der Waals surface area (Å²) in [6.45, 7) is 6.50. The molecule has 1 saturated carbocycles. The van der Waals surface area contributed by atoms with Gasteiger partial charge in [0.05, 0.1) is 29.7 Å². The zero-order valence-corrected chi connectivity index (χ0v) is 22.4. The number of amides is 1. The predicted octanol–water partition coefficient (Wildman–Crippen LogP) is 4.51. The summed E-state index contributed by atoms with van der Waals surface area (Å²) in [6.07, 6.45) is 6.52. The third kappa shape index (κ3) is 4.79. The number of nitrogens with zero attached hydrogens (tertiary/aromatic N) is 6. The molecular weight excluding hydrogens is 474 g/mol. The minimum absolute atomic E-state index is 0.0747. The highest BCUT2D eigenvalue weighted by atomic mass is 16.2. The molecule has 4 aromatic rings. The van der Waals surface area contributed by atoms with E-state index in [4.69, 9.17) is 5.10 Å². The lowest BCUT2D eigenvalue weighted by atomic mass is 9.93. The monoisotopic (exact) mass is 511 g/mol. The van der Waals surface area contributed by atoms with E-state index in [1.807, 2.05) is 13.0 Å². The molecule has 1 amide bonds. The second kappa shape index (κ2) is 10.6. The van der Waals surface area contributed by atoms with Crippen molar-refractivity contribution >= 4 is 22.5 Å². The molecule has 198 valence electrons. The van der Waals surface area contributed by atoms with Gasteiger partial charge in [0.15, 0.2) is 0 Å². The molecule has 0 radical (unpaired) electrons. The van der Waals surface area contributed by atoms with E-state index in [2.05, 4.69) is 79.1 Å². The first-order chi connectivity index (χ1) is 18.6. The average Bonchev–Trinajstić information content (AvgIpc) is 3.52. The number of aromatic nitrogens is 5. The highest BCUT2D eigenvalue weighted by Crippen LogP contribution is 2.36. The van der Waals surface area contributed by atoms with Gasteiger partial charge in [-0.3, -0.25) is 9.48 Å². The smallest absolute Gasteiger partial charge is 0.230 e. The molecule has 1 aliphatic carbocycles. The fraction of sp³-hybridized carbons (Fsp3) is 0.467. The van der Waals surface area contributed by atoms with Crippen LogP contribution in [0.5, 0.6) is 0 Å². The summed E-state index contributed by atoms with van der Waals surface area (Å²) in [7, 11) is 0. The van der Waals surface area contributed by atoms with Crippen LogP contribution >= 0.6 is 0 Å². The summed E-state index contributed by atoms with van der Waals surface area (Å²) in [4.78, 5) is 21.2. The Bertz CT molecular complexity index is 1400. The van der Waals surface area contributed by atoms with Gasteiger partial charge in [-0.2, -0.15) is 5.10 Å². The fourth-order valence-corrected chi connectivity index (χ4v) is 5.86. The van der Waals surface area contributed by atoms with E-state index in [1.54, 1.807) is 0 Å². The number of carbonyl (C=O) groups is 1. The fourth-order valence-electron chi connectivity index (χ4n) is 5.86. The van der Waals surface area contributed by atoms with Gasteiger partial charge in [0.25, 0.3) is 0 Å². The van der Waals surface area contributed by atoms with Gasteiger partial charge in [-0.25, -0.2) is 0 Å². The molecule has 8 heteroatoms. The number of anilines is 1. The van der Waals surface area contributed by atoms with Crippen molar-refractivity contribution in [2.75, 3.05) is 24.5 Å². The van der Waals surface area contributed by atoms with Crippen molar-refractivity contribution in [1.29, 1.82) is 0 Å². The van der Waals surface area contributed by atoms with Crippen LogP contribution in [0.15, 0.2) is 48.5 Å². The molecule has 38 heavy (non-hydrogen) atoms. The van der Waals surface area contributed by atoms with Crippen molar-refractivity contribution in [3.63, 3.8) is 0 Å². The molecule has 0 spiro atoms. The molecular formula is C30H37N7O. The maximum atomic E-state index is 13.5. The van der Waals surface area contributed by atoms with E-state index in [-0.39, 0.29) is 18.4 Å². The van der Waals surface area contributed by atoms with Gasteiger partial charge < -0.3 is 14.8 Å². The van der Waals surface area contributed by atoms with Crippen molar-refractivity contribution in [3.8, 4) is 0 Å². The molecule has 8 nitrogen and oxygen atoms in total. The lowest BCUT2D eigenvalue weighted by Gasteiger charge is -2.42. The molecule has 6 rings (SSSR count). The van der Waals surface area contributed by atoms with Crippen LogP contribution in [0.2, 0.25) is 0 Å². The Balaban J connectivity index is 1.26. The van der Waals surface area contributed by atoms with E-state index < -0.39 is 0 Å². The van der Waals surface area contributed by atoms with Crippen LogP contribution in [0.1, 0.15) is 62.1 Å². The molecule has 2 aromatic carbocycles. The number of benzene rings is 2. The zero-order valence-electron chi connectivity index (χ0n) is 22.4. The Kier molecular flexibility index (Phi) is 6.87. The number of piperazine rings is 1. The van der Waals surface area contributed by atoms with Crippen molar-refractivity contribution in [3.05, 3.63) is 71.4 Å². The van der Waals surface area contributed by atoms with Crippen LogP contribution < -0.4 is 4.90 Å². The summed E-state index contributed by atoms with van der Waals surface area (Å²) < 4.78 is 2.28. The summed E-state index contributed by atoms with van der Waals surface area (Å²) in [6, 6.07) is 17.9. The Morgan fingerprint density at radius 2 is 1.82 bits per heavy atom. The first kappa shape index (κ1) is 24.6. The molecule has 0 bridgehead atoms. The molecule has 1 aliphatic heterocycles. The predicted molar refractivity (Wildman–Crippen MR) is 149 cm³/mol. The Hall–Kier alpha value is -3.68. The van der Waals surface area contributed by atoms with Crippen LogP contribution in [0, 0.1) is 0 Å². The van der Waals surface area contributed by atoms with E-state index in [0.29, 0.717) is 18.4 Å². The number of hydrogen-bond donors (Lipinski definition) is 1. The number of aryl methyl sites for hydroxylation is 2. The van der Waals surface area contributed by atoms with Gasteiger partial charge in [0.2, 0.25) is 5.91 Å². The summed E-state index contributed by atoms with van der Waals surface area (Å²) in [5.41, 5.74) is 4.90. The summed E-state index contributed by atoms with van der Waals surface area (Å²) in [5, 5.41) is 14.6. The SMILES string of the molecule is CCc1nnc(CC(=O)N2CCN(c3ccc4c(CC)nn(C5CCC5)c4c3)CC2Cc2ccccc2)[nH]1. The topological polar surface area (TPSA) is 82.9 Å². The highest BCUT2D eigenvalue weighted by molar-refractivity contribution is 5.86. The Morgan fingerprint density at radius 3 is 2.53 bits per heavy atom. The number of hydrogen-bond acceptors (Lipinski definition) is 5. The number of H-pyrrole nitrogens is 1. The van der Waals surface area contributed by atoms with Gasteiger partial charge in [-0.05, 0) is 55.9 Å². The number of aromatic amines is 1. The Morgan fingerprint density at radius 1 is 1.00 bits per heavy atom. The second-order valence-corrected chi connectivity index (χ2v) is 10.7. The van der Waals surface area contributed by atoms with Crippen molar-refractivity contribution in [2.45, 2.75) is 70.9 Å². The van der Waals surface area contributed by atoms with Crippen molar-refractivity contribution in [2.24, 2.45) is 0 Å². The van der Waals surface area contributed by atoms with E-state index >= 15 is 0 Å². The van der Waals surface area contributed by atoms with Crippen molar-refractivity contribution in [1.82, 2.24) is 29.9 Å². The van der Waals surface area contributed by atoms with Gasteiger partial charge in [0.1, 0.15) is 11.6 Å². The van der Waals surface area contributed by atoms with E-state index in [0.717, 1.165) is 38.2 Å². The van der Waals surface area contributed by atoms with Crippen LogP contribution in [0.4, 0.5) is 5.69 Å². The van der Waals surface area contributed by atoms with Gasteiger partial charge in [-0.1, -0.05) is 44.2 Å². The second-order valence-electron chi connectivity index (χ2n) is 10.7. The number of fused-ring (bicyclic) bond motifs is 1. The number of carbonyl (C=O) groups excluding carboxylic acids is 1. The van der Waals surface area contributed by atoms with Crippen LogP contribution in [-0.2, 0) is 30.5 Å². The van der Waals surface area contributed by atoms with Gasteiger partial charge in [0, 0.05) is 37.1 Å². The quantitative estimate of drug-likeness (QED) is 0.376. The lowest BCUT2D eigenvalue weighted by molar-refractivity contribution is -0.133. The molecule has 2 fully saturated rings. The summed E-state index contributed by atoms with van der Waals surface area (Å²) in [5.74, 6) is 1.57. The third-order valence-electron chi connectivity index (χ3n) is 8.24. The largest absolute Gasteiger partial charge is 0.368 e. The summed E-state index contributed by atoms with van der Waals surface area (Å²) >= 11 is 0. The average molecular weight is 512 g/mol. The number of rotatable bonds is 8. The standard InChI is InChI=1S/C30H37N7O/c1-3-26-25-14-13-23(18-27(25)37(34-26)22-11-8-12-22)35-15-16-36(24(20-35)17-21-9-6-5-7-10-21)30(38)19-29-31-28(4-2)32-33-29/h5-7,9-10,13-14,18,22,24H,3-4,8,11-12,15-17,19-20H2,1-2H3,(H,31,32,33). The minimum atomic E-state index is 0.0747. The normalized spacial score (nSPS) is 18.2.